The maximum Gasteiger partial charge on any atom is 0.310 e. The molecule has 2 aromatic rings. The smallest absolute Gasteiger partial charge is 0.310 e. The molecule has 0 unspecified atom stereocenters. The fourth-order valence-corrected chi connectivity index (χ4v) is 10.4. The Morgan fingerprint density at radius 2 is 1.35 bits per heavy atom. The van der Waals surface area contributed by atoms with Crippen LogP contribution in [-0.2, 0) is 38.5 Å². The highest BCUT2D eigenvalue weighted by Crippen LogP contribution is 2.29. The van der Waals surface area contributed by atoms with Gasteiger partial charge in [-0.05, 0) is 96.4 Å². The van der Waals surface area contributed by atoms with Crippen molar-refractivity contribution in [1.82, 2.24) is 4.23 Å². The summed E-state index contributed by atoms with van der Waals surface area (Å²) >= 11 is 0. The van der Waals surface area contributed by atoms with Crippen LogP contribution in [0.5, 0.6) is 0 Å². The summed E-state index contributed by atoms with van der Waals surface area (Å²) in [5.41, 5.74) is 2.09. The topological polar surface area (TPSA) is 89.7 Å². The summed E-state index contributed by atoms with van der Waals surface area (Å²) in [5.74, 6) is -0.347. The Morgan fingerprint density at radius 3 is 1.85 bits per heavy atom. The third-order valence-electron chi connectivity index (χ3n) is 6.61. The molecule has 1 aromatic heterocycles. The number of carbonyl (C=O) groups is 1. The molecule has 2 rings (SSSR count). The zero-order chi connectivity index (χ0) is 35.3. The van der Waals surface area contributed by atoms with Gasteiger partial charge in [0.2, 0.25) is 0 Å². The molecule has 1 aromatic carbocycles. The molecule has 0 saturated heterocycles. The van der Waals surface area contributed by atoms with Crippen molar-refractivity contribution >= 4 is 64.6 Å². The molecule has 0 aliphatic heterocycles. The Morgan fingerprint density at radius 1 is 0.783 bits per heavy atom. The SMILES string of the molecule is CO/N=C\[C@H](O[Si](C)(C)C)[C@@H](O[Si](C)(C)C)[C@H](OC(=O)Cc1cn([Si](C)(C)C)c2ccccc12)[C@@H](CO[Si](C)(C)C)O[Si](C)(C)C. The van der Waals surface area contributed by atoms with E-state index in [0.29, 0.717) is 0 Å². The summed E-state index contributed by atoms with van der Waals surface area (Å²) in [5, 5.41) is 5.19. The number of ether oxygens (including phenoxy) is 1. The van der Waals surface area contributed by atoms with Gasteiger partial charge in [-0.3, -0.25) is 4.79 Å². The number of hydrogen-bond acceptors (Lipinski definition) is 8. The second-order valence-corrected chi connectivity index (χ2v) is 39.6. The minimum atomic E-state index is -2.24. The molecular weight excluding hydrogens is 665 g/mol. The monoisotopic (exact) mass is 726 g/mol. The van der Waals surface area contributed by atoms with Gasteiger partial charge in [-0.1, -0.05) is 43.0 Å². The van der Waals surface area contributed by atoms with Crippen molar-refractivity contribution in [3.8, 4) is 0 Å². The first kappa shape index (κ1) is 40.8. The van der Waals surface area contributed by atoms with Crippen LogP contribution in [-0.4, -0.2) is 96.1 Å². The Labute approximate surface area is 283 Å². The van der Waals surface area contributed by atoms with E-state index in [4.69, 9.17) is 27.3 Å². The average Bonchev–Trinajstić information content (AvgIpc) is 3.23. The molecule has 0 fully saturated rings. The van der Waals surface area contributed by atoms with Gasteiger partial charge < -0.3 is 31.5 Å². The molecule has 0 spiro atoms. The third-order valence-corrected chi connectivity index (χ3v) is 12.4. The molecule has 0 radical (unpaired) electrons. The average molecular weight is 727 g/mol. The molecule has 262 valence electrons. The summed E-state index contributed by atoms with van der Waals surface area (Å²) in [7, 11) is -8.74. The van der Waals surface area contributed by atoms with Crippen molar-refractivity contribution in [1.29, 1.82) is 0 Å². The Balaban J connectivity index is 2.72. The summed E-state index contributed by atoms with van der Waals surface area (Å²) in [6.45, 7) is 32.7. The largest absolute Gasteiger partial charge is 0.456 e. The molecule has 0 bridgehead atoms. The van der Waals surface area contributed by atoms with Gasteiger partial charge in [0, 0.05) is 10.9 Å². The van der Waals surface area contributed by atoms with Gasteiger partial charge in [-0.25, -0.2) is 0 Å². The highest BCUT2D eigenvalue weighted by atomic mass is 28.4. The van der Waals surface area contributed by atoms with Gasteiger partial charge in [-0.15, -0.1) is 0 Å². The number of nitrogens with zero attached hydrogens (tertiary/aromatic N) is 2. The van der Waals surface area contributed by atoms with Crippen LogP contribution in [0.25, 0.3) is 10.9 Å². The Bertz CT molecular complexity index is 1300. The van der Waals surface area contributed by atoms with Crippen LogP contribution in [0.1, 0.15) is 5.56 Å². The molecule has 0 saturated carbocycles. The molecule has 14 heteroatoms. The van der Waals surface area contributed by atoms with Crippen LogP contribution in [0.2, 0.25) is 98.2 Å². The van der Waals surface area contributed by atoms with Crippen LogP contribution in [0.4, 0.5) is 0 Å². The summed E-state index contributed by atoms with van der Waals surface area (Å²) < 4.78 is 35.8. The fourth-order valence-electron chi connectivity index (χ4n) is 5.07. The molecule has 46 heavy (non-hydrogen) atoms. The number of aromatic nitrogens is 1. The molecule has 9 nitrogen and oxygen atoms in total. The fraction of sp³-hybridized carbons (Fsp3) is 0.688. The van der Waals surface area contributed by atoms with E-state index in [1.807, 2.05) is 12.1 Å². The third kappa shape index (κ3) is 14.0. The van der Waals surface area contributed by atoms with Crippen molar-refractivity contribution in [2.24, 2.45) is 5.16 Å². The van der Waals surface area contributed by atoms with E-state index < -0.39 is 65.9 Å². The minimum Gasteiger partial charge on any atom is -0.456 e. The number of para-hydroxylation sites is 1. The van der Waals surface area contributed by atoms with E-state index >= 15 is 0 Å². The van der Waals surface area contributed by atoms with Crippen molar-refractivity contribution < 1.29 is 32.1 Å². The number of benzene rings is 1. The van der Waals surface area contributed by atoms with Crippen molar-refractivity contribution in [3.63, 3.8) is 0 Å². The van der Waals surface area contributed by atoms with Gasteiger partial charge >= 0.3 is 5.97 Å². The highest BCUT2D eigenvalue weighted by Gasteiger charge is 2.45. The quantitative estimate of drug-likeness (QED) is 0.0668. The van der Waals surface area contributed by atoms with Gasteiger partial charge in [0.05, 0.1) is 19.2 Å². The predicted octanol–water partition coefficient (Wildman–Crippen LogP) is 7.92. The van der Waals surface area contributed by atoms with Gasteiger partial charge in [-0.2, -0.15) is 0 Å². The molecule has 0 amide bonds. The normalized spacial score (nSPS) is 16.4. The maximum atomic E-state index is 14.2. The summed E-state index contributed by atoms with van der Waals surface area (Å²) in [6.07, 6.45) is 1.16. The standard InChI is InChI=1S/C32H62N2O7Si5/c1-36-33-22-28(39-44(8,9)10)32(41-46(14,15)16)31(29(40-45(11,12)13)24-37-43(5,6)7)38-30(35)21-25-23-34(42(2,3)4)27-20-18-17-19-26(25)27/h17-20,22-23,28-29,31-32H,21,24H2,1-16H3/b33-22-/t28-,29+,31+,32+/m0/s1. The van der Waals surface area contributed by atoms with Crippen LogP contribution < -0.4 is 0 Å². The zero-order valence-electron chi connectivity index (χ0n) is 31.4. The number of fused-ring (bicyclic) bond motifs is 1. The van der Waals surface area contributed by atoms with Crippen molar-refractivity contribution in [3.05, 3.63) is 36.0 Å². The lowest BCUT2D eigenvalue weighted by Crippen LogP contribution is -2.58. The molecule has 1 heterocycles. The summed E-state index contributed by atoms with van der Waals surface area (Å²) in [4.78, 5) is 19.3. The van der Waals surface area contributed by atoms with Gasteiger partial charge in [0.25, 0.3) is 0 Å². The van der Waals surface area contributed by atoms with E-state index in [0.717, 1.165) is 16.5 Å². The second kappa shape index (κ2) is 15.9. The van der Waals surface area contributed by atoms with Gasteiger partial charge in [0.15, 0.2) is 47.6 Å². The molecule has 0 aliphatic rings. The molecule has 0 N–H and O–H groups in total. The first-order chi connectivity index (χ1) is 20.8. The molecule has 0 aliphatic carbocycles. The number of esters is 1. The van der Waals surface area contributed by atoms with Crippen LogP contribution in [0.15, 0.2) is 35.6 Å². The zero-order valence-corrected chi connectivity index (χ0v) is 36.4. The minimum absolute atomic E-state index is 0.119. The number of oxime groups is 1. The van der Waals surface area contributed by atoms with Crippen LogP contribution in [0, 0.1) is 0 Å². The van der Waals surface area contributed by atoms with E-state index in [1.165, 1.54) is 7.11 Å². The Hall–Kier alpha value is -1.38. The predicted molar refractivity (Wildman–Crippen MR) is 204 cm³/mol. The number of rotatable bonds is 18. The summed E-state index contributed by atoms with van der Waals surface area (Å²) in [6, 6.07) is 8.28. The molecule has 4 atom stereocenters. The van der Waals surface area contributed by atoms with E-state index in [9.17, 15) is 4.79 Å². The van der Waals surface area contributed by atoms with Gasteiger partial charge in [0.1, 0.15) is 25.4 Å². The maximum absolute atomic E-state index is 14.2. The lowest BCUT2D eigenvalue weighted by Gasteiger charge is -2.42. The Kier molecular flexibility index (Phi) is 14.1. The first-order valence-corrected chi connectivity index (χ1v) is 33.4. The highest BCUT2D eigenvalue weighted by molar-refractivity contribution is 6.75. The first-order valence-electron chi connectivity index (χ1n) is 16.3. The lowest BCUT2D eigenvalue weighted by molar-refractivity contribution is -0.166. The van der Waals surface area contributed by atoms with Crippen LogP contribution >= 0.6 is 0 Å². The van der Waals surface area contributed by atoms with Crippen molar-refractivity contribution in [2.75, 3.05) is 13.7 Å². The number of carbonyl (C=O) groups excluding carboxylic acids is 1. The lowest BCUT2D eigenvalue weighted by atomic mass is 10.0. The number of hydrogen-bond donors (Lipinski definition) is 0. The second-order valence-electron chi connectivity index (χ2n) is 16.9. The molecular formula is C32H62N2O7Si5. The van der Waals surface area contributed by atoms with E-state index in [2.05, 4.69) is 126 Å². The van der Waals surface area contributed by atoms with E-state index in [1.54, 1.807) is 6.21 Å². The van der Waals surface area contributed by atoms with E-state index in [-0.39, 0.29) is 19.0 Å². The van der Waals surface area contributed by atoms with Crippen LogP contribution in [0.3, 0.4) is 0 Å². The van der Waals surface area contributed by atoms with Crippen molar-refractivity contribution in [2.45, 2.75) is 129 Å².